The van der Waals surface area contributed by atoms with E-state index in [9.17, 15) is 4.79 Å². The van der Waals surface area contributed by atoms with Crippen LogP contribution in [0.15, 0.2) is 6.07 Å². The molecule has 0 aromatic carbocycles. The minimum absolute atomic E-state index is 0.0818. The first kappa shape index (κ1) is 12.6. The van der Waals surface area contributed by atoms with Crippen LogP contribution in [0.5, 0.6) is 0 Å². The molecule has 2 rings (SSSR count). The van der Waals surface area contributed by atoms with Crippen molar-refractivity contribution < 1.29 is 9.90 Å². The fourth-order valence-electron chi connectivity index (χ4n) is 2.33. The summed E-state index contributed by atoms with van der Waals surface area (Å²) in [6.45, 7) is 0.749. The van der Waals surface area contributed by atoms with E-state index in [1.54, 1.807) is 0 Å². The zero-order chi connectivity index (χ0) is 13.0. The first-order chi connectivity index (χ1) is 8.66. The quantitative estimate of drug-likeness (QED) is 0.752. The molecule has 0 bridgehead atoms. The summed E-state index contributed by atoms with van der Waals surface area (Å²) in [4.78, 5) is 11.1. The van der Waals surface area contributed by atoms with Crippen LogP contribution in [0.3, 0.4) is 0 Å². The Morgan fingerprint density at radius 3 is 2.78 bits per heavy atom. The lowest BCUT2D eigenvalue weighted by Crippen LogP contribution is -2.19. The Morgan fingerprint density at radius 2 is 2.11 bits per heavy atom. The van der Waals surface area contributed by atoms with Crippen molar-refractivity contribution in [2.75, 3.05) is 17.6 Å². The number of hydrogen-bond donors (Lipinski definition) is 3. The molecule has 0 aliphatic heterocycles. The lowest BCUT2D eigenvalue weighted by molar-refractivity contribution is 0.0697. The third-order valence-electron chi connectivity index (χ3n) is 3.33. The van der Waals surface area contributed by atoms with Crippen LogP contribution < -0.4 is 11.1 Å². The third-order valence-corrected chi connectivity index (χ3v) is 3.33. The van der Waals surface area contributed by atoms with Gasteiger partial charge in [-0.1, -0.05) is 19.3 Å². The highest BCUT2D eigenvalue weighted by atomic mass is 16.4. The highest BCUT2D eigenvalue weighted by molar-refractivity contribution is 5.93. The minimum Gasteiger partial charge on any atom is -0.478 e. The molecule has 98 valence electrons. The molecule has 1 heterocycles. The molecule has 1 aromatic rings. The number of aromatic nitrogens is 2. The van der Waals surface area contributed by atoms with Crippen LogP contribution in [0.2, 0.25) is 0 Å². The van der Waals surface area contributed by atoms with Gasteiger partial charge in [0.15, 0.2) is 5.82 Å². The van der Waals surface area contributed by atoms with Gasteiger partial charge < -0.3 is 16.2 Å². The lowest BCUT2D eigenvalue weighted by Gasteiger charge is -2.22. The average Bonchev–Trinajstić information content (AvgIpc) is 2.38. The van der Waals surface area contributed by atoms with Crippen molar-refractivity contribution in [1.29, 1.82) is 0 Å². The number of nitrogens with zero attached hydrogens (tertiary/aromatic N) is 2. The van der Waals surface area contributed by atoms with Crippen molar-refractivity contribution in [1.82, 2.24) is 10.2 Å². The SMILES string of the molecule is Nc1cc(C(=O)O)c(NCC2CCCCC2)nn1. The molecule has 1 saturated carbocycles. The second-order valence-electron chi connectivity index (χ2n) is 4.72. The summed E-state index contributed by atoms with van der Waals surface area (Å²) in [5, 5.41) is 19.7. The molecular weight excluding hydrogens is 232 g/mol. The van der Waals surface area contributed by atoms with Gasteiger partial charge in [-0.25, -0.2) is 4.79 Å². The van der Waals surface area contributed by atoms with Crippen molar-refractivity contribution in [2.45, 2.75) is 32.1 Å². The van der Waals surface area contributed by atoms with Crippen LogP contribution in [0.25, 0.3) is 0 Å². The molecule has 6 heteroatoms. The predicted octanol–water partition coefficient (Wildman–Crippen LogP) is 1.75. The Bertz CT molecular complexity index is 430. The van der Waals surface area contributed by atoms with Crippen LogP contribution in [0, 0.1) is 5.92 Å². The molecule has 1 aliphatic carbocycles. The van der Waals surface area contributed by atoms with E-state index in [2.05, 4.69) is 15.5 Å². The number of carbonyl (C=O) groups is 1. The van der Waals surface area contributed by atoms with Crippen LogP contribution >= 0.6 is 0 Å². The van der Waals surface area contributed by atoms with Crippen molar-refractivity contribution in [3.05, 3.63) is 11.6 Å². The van der Waals surface area contributed by atoms with Crippen LogP contribution in [-0.2, 0) is 0 Å². The van der Waals surface area contributed by atoms with E-state index in [1.165, 1.54) is 38.2 Å². The maximum atomic E-state index is 11.1. The minimum atomic E-state index is -1.04. The zero-order valence-corrected chi connectivity index (χ0v) is 10.2. The van der Waals surface area contributed by atoms with Crippen LogP contribution in [-0.4, -0.2) is 27.8 Å². The van der Waals surface area contributed by atoms with E-state index in [1.807, 2.05) is 0 Å². The fraction of sp³-hybridized carbons (Fsp3) is 0.583. The summed E-state index contributed by atoms with van der Waals surface area (Å²) in [7, 11) is 0. The fourth-order valence-corrected chi connectivity index (χ4v) is 2.33. The van der Waals surface area contributed by atoms with Crippen molar-refractivity contribution >= 4 is 17.6 Å². The third kappa shape index (κ3) is 3.09. The molecule has 0 amide bonds. The van der Waals surface area contributed by atoms with Gasteiger partial charge in [0.05, 0.1) is 0 Å². The number of nitrogens with two attached hydrogens (primary N) is 1. The van der Waals surface area contributed by atoms with Gasteiger partial charge in [0.1, 0.15) is 11.4 Å². The first-order valence-corrected chi connectivity index (χ1v) is 6.27. The molecule has 0 unspecified atom stereocenters. The Kier molecular flexibility index (Phi) is 3.96. The molecule has 1 fully saturated rings. The molecule has 0 saturated heterocycles. The van der Waals surface area contributed by atoms with E-state index >= 15 is 0 Å². The van der Waals surface area contributed by atoms with Gasteiger partial charge >= 0.3 is 5.97 Å². The Hall–Kier alpha value is -1.85. The van der Waals surface area contributed by atoms with Gasteiger partial charge in [-0.3, -0.25) is 0 Å². The summed E-state index contributed by atoms with van der Waals surface area (Å²) >= 11 is 0. The first-order valence-electron chi connectivity index (χ1n) is 6.27. The number of anilines is 2. The molecule has 0 spiro atoms. The second kappa shape index (κ2) is 5.66. The van der Waals surface area contributed by atoms with Gasteiger partial charge in [-0.15, -0.1) is 10.2 Å². The molecule has 0 radical (unpaired) electrons. The maximum absolute atomic E-state index is 11.1. The Labute approximate surface area is 106 Å². The monoisotopic (exact) mass is 250 g/mol. The normalized spacial score (nSPS) is 16.4. The van der Waals surface area contributed by atoms with Crippen molar-refractivity contribution in [3.8, 4) is 0 Å². The maximum Gasteiger partial charge on any atom is 0.339 e. The van der Waals surface area contributed by atoms with E-state index in [0.717, 1.165) is 6.54 Å². The molecule has 6 nitrogen and oxygen atoms in total. The predicted molar refractivity (Wildman–Crippen MR) is 68.5 cm³/mol. The van der Waals surface area contributed by atoms with Crippen LogP contribution in [0.4, 0.5) is 11.6 Å². The summed E-state index contributed by atoms with van der Waals surface area (Å²) in [5.74, 6) is -0.0135. The van der Waals surface area contributed by atoms with Gasteiger partial charge in [0, 0.05) is 12.6 Å². The second-order valence-corrected chi connectivity index (χ2v) is 4.72. The summed E-state index contributed by atoms with van der Waals surface area (Å²) in [5.41, 5.74) is 5.52. The lowest BCUT2D eigenvalue weighted by atomic mass is 9.89. The average molecular weight is 250 g/mol. The van der Waals surface area contributed by atoms with Gasteiger partial charge in [0.25, 0.3) is 0 Å². The summed E-state index contributed by atoms with van der Waals surface area (Å²) in [6.07, 6.45) is 6.20. The summed E-state index contributed by atoms with van der Waals surface area (Å²) in [6, 6.07) is 1.33. The molecular formula is C12H18N4O2. The van der Waals surface area contributed by atoms with Gasteiger partial charge in [-0.05, 0) is 18.8 Å². The number of nitrogen functional groups attached to an aromatic ring is 1. The molecule has 0 atom stereocenters. The number of carboxylic acids is 1. The zero-order valence-electron chi connectivity index (χ0n) is 10.2. The molecule has 1 aromatic heterocycles. The number of carboxylic acid groups (broad SMARTS) is 1. The topological polar surface area (TPSA) is 101 Å². The van der Waals surface area contributed by atoms with Crippen molar-refractivity contribution in [2.24, 2.45) is 5.92 Å². The van der Waals surface area contributed by atoms with Gasteiger partial charge in [0.2, 0.25) is 0 Å². The van der Waals surface area contributed by atoms with Gasteiger partial charge in [-0.2, -0.15) is 0 Å². The number of rotatable bonds is 4. The van der Waals surface area contributed by atoms with E-state index in [0.29, 0.717) is 11.7 Å². The Morgan fingerprint density at radius 1 is 1.39 bits per heavy atom. The van der Waals surface area contributed by atoms with E-state index in [-0.39, 0.29) is 11.4 Å². The molecule has 18 heavy (non-hydrogen) atoms. The van der Waals surface area contributed by atoms with E-state index in [4.69, 9.17) is 10.8 Å². The molecule has 4 N–H and O–H groups in total. The highest BCUT2D eigenvalue weighted by Crippen LogP contribution is 2.24. The van der Waals surface area contributed by atoms with E-state index < -0.39 is 5.97 Å². The standard InChI is InChI=1S/C12H18N4O2/c13-10-6-9(12(17)18)11(16-15-10)14-7-8-4-2-1-3-5-8/h6,8H,1-5,7H2,(H2,13,15)(H,14,16)(H,17,18). The van der Waals surface area contributed by atoms with Crippen LogP contribution in [0.1, 0.15) is 42.5 Å². The number of nitrogens with one attached hydrogen (secondary N) is 1. The smallest absolute Gasteiger partial charge is 0.339 e. The Balaban J connectivity index is 2.01. The number of aromatic carboxylic acids is 1. The number of hydrogen-bond acceptors (Lipinski definition) is 5. The molecule has 1 aliphatic rings. The largest absolute Gasteiger partial charge is 0.478 e. The van der Waals surface area contributed by atoms with Crippen molar-refractivity contribution in [3.63, 3.8) is 0 Å². The highest BCUT2D eigenvalue weighted by Gasteiger charge is 2.16. The summed E-state index contributed by atoms with van der Waals surface area (Å²) < 4.78 is 0.